The summed E-state index contributed by atoms with van der Waals surface area (Å²) in [5.41, 5.74) is 0.888. The first-order valence-corrected chi connectivity index (χ1v) is 4.72. The molecule has 0 bridgehead atoms. The summed E-state index contributed by atoms with van der Waals surface area (Å²) < 4.78 is 0. The highest BCUT2D eigenvalue weighted by atomic mass is 16.3. The predicted molar refractivity (Wildman–Crippen MR) is 60.8 cm³/mol. The molecule has 0 saturated heterocycles. The van der Waals surface area contributed by atoms with Crippen molar-refractivity contribution in [3.8, 4) is 0 Å². The number of rotatable bonds is 5. The Bertz CT molecular complexity index is 365. The highest BCUT2D eigenvalue weighted by molar-refractivity contribution is 5.88. The zero-order valence-corrected chi connectivity index (χ0v) is 8.52. The van der Waals surface area contributed by atoms with Gasteiger partial charge in [-0.15, -0.1) is 6.58 Å². The predicted octanol–water partition coefficient (Wildman–Crippen LogP) is 2.99. The summed E-state index contributed by atoms with van der Waals surface area (Å²) in [6, 6.07) is 9.35. The van der Waals surface area contributed by atoms with E-state index in [-0.39, 0.29) is 23.9 Å². The van der Waals surface area contributed by atoms with Crippen molar-refractivity contribution in [3.63, 3.8) is 0 Å². The fourth-order valence-corrected chi connectivity index (χ4v) is 1.42. The van der Waals surface area contributed by atoms with Gasteiger partial charge in [0, 0.05) is 0 Å². The van der Waals surface area contributed by atoms with E-state index in [0.717, 1.165) is 5.56 Å². The number of carbonyl (C=O) groups is 1. The van der Waals surface area contributed by atoms with Gasteiger partial charge in [0.2, 0.25) is 0 Å². The molecule has 15 heavy (non-hydrogen) atoms. The number of aliphatic hydroxyl groups is 1. The third kappa shape index (κ3) is 3.09. The van der Waals surface area contributed by atoms with Crippen LogP contribution in [0, 0.1) is 0 Å². The minimum Gasteiger partial charge on any atom is -0.512 e. The van der Waals surface area contributed by atoms with Gasteiger partial charge in [0.05, 0.1) is 18.1 Å². The first-order chi connectivity index (χ1) is 7.15. The van der Waals surface area contributed by atoms with E-state index >= 15 is 0 Å². The van der Waals surface area contributed by atoms with Crippen molar-refractivity contribution in [1.29, 1.82) is 0 Å². The molecule has 0 aromatic heterocycles. The molecule has 1 rings (SSSR count). The molecule has 0 heterocycles. The largest absolute Gasteiger partial charge is 0.512 e. The molecule has 0 saturated carbocycles. The van der Waals surface area contributed by atoms with Crippen molar-refractivity contribution < 1.29 is 9.90 Å². The Morgan fingerprint density at radius 3 is 2.47 bits per heavy atom. The molecule has 1 aromatic carbocycles. The molecule has 0 radical (unpaired) electrons. The van der Waals surface area contributed by atoms with Crippen LogP contribution in [0.25, 0.3) is 0 Å². The summed E-state index contributed by atoms with van der Waals surface area (Å²) in [5.74, 6) is -0.568. The lowest BCUT2D eigenvalue weighted by Crippen LogP contribution is -2.10. The number of hydrogen-bond acceptors (Lipinski definition) is 2. The number of ketones is 1. The Morgan fingerprint density at radius 2 is 2.00 bits per heavy atom. The zero-order valence-electron chi connectivity index (χ0n) is 8.52. The summed E-state index contributed by atoms with van der Waals surface area (Å²) in [4.78, 5) is 11.7. The maximum Gasteiger partial charge on any atom is 0.151 e. The minimum absolute atomic E-state index is 0.0222. The number of Topliss-reactive ketones (excluding diaryl/α,β-unsaturated/α-hetero) is 1. The van der Waals surface area contributed by atoms with E-state index in [1.54, 1.807) is 6.08 Å². The quantitative estimate of drug-likeness (QED) is 0.588. The summed E-state index contributed by atoms with van der Waals surface area (Å²) >= 11 is 0. The highest BCUT2D eigenvalue weighted by Crippen LogP contribution is 2.20. The van der Waals surface area contributed by atoms with Crippen molar-refractivity contribution in [3.05, 3.63) is 60.9 Å². The lowest BCUT2D eigenvalue weighted by molar-refractivity contribution is -0.119. The van der Waals surface area contributed by atoms with E-state index in [1.165, 1.54) is 0 Å². The van der Waals surface area contributed by atoms with Gasteiger partial charge in [-0.1, -0.05) is 43.0 Å². The molecule has 1 atom stereocenters. The van der Waals surface area contributed by atoms with E-state index < -0.39 is 0 Å². The first kappa shape index (κ1) is 11.2. The van der Waals surface area contributed by atoms with Crippen LogP contribution in [0.15, 0.2) is 55.3 Å². The van der Waals surface area contributed by atoms with E-state index in [4.69, 9.17) is 5.11 Å². The second-order valence-electron chi connectivity index (χ2n) is 3.33. The van der Waals surface area contributed by atoms with E-state index in [2.05, 4.69) is 13.2 Å². The zero-order chi connectivity index (χ0) is 11.3. The van der Waals surface area contributed by atoms with Gasteiger partial charge in [-0.2, -0.15) is 0 Å². The molecule has 0 fully saturated rings. The maximum atomic E-state index is 11.7. The van der Waals surface area contributed by atoms with Gasteiger partial charge >= 0.3 is 0 Å². The Kier molecular flexibility index (Phi) is 3.86. The Balaban J connectivity index is 2.85. The van der Waals surface area contributed by atoms with E-state index in [1.807, 2.05) is 30.3 Å². The molecular formula is C13H14O2. The van der Waals surface area contributed by atoms with Gasteiger partial charge in [0.1, 0.15) is 0 Å². The normalized spacial score (nSPS) is 11.7. The second-order valence-corrected chi connectivity index (χ2v) is 3.33. The van der Waals surface area contributed by atoms with Crippen LogP contribution in [0.4, 0.5) is 0 Å². The fraction of sp³-hybridized carbons (Fsp3) is 0.154. The molecule has 0 aliphatic heterocycles. The molecule has 78 valence electrons. The molecule has 1 aromatic rings. The number of hydrogen-bond donors (Lipinski definition) is 1. The maximum absolute atomic E-state index is 11.7. The number of allylic oxidation sites excluding steroid dienone is 2. The summed E-state index contributed by atoms with van der Waals surface area (Å²) in [6.45, 7) is 6.94. The summed E-state index contributed by atoms with van der Waals surface area (Å²) in [5, 5.41) is 8.96. The third-order valence-corrected chi connectivity index (χ3v) is 2.12. The summed E-state index contributed by atoms with van der Waals surface area (Å²) in [6.07, 6.45) is 1.56. The average molecular weight is 202 g/mol. The van der Waals surface area contributed by atoms with Gasteiger partial charge in [-0.25, -0.2) is 0 Å². The highest BCUT2D eigenvalue weighted by Gasteiger charge is 2.17. The minimum atomic E-state index is -0.366. The Hall–Kier alpha value is -1.83. The standard InChI is InChI=1S/C13H14O2/c1-3-12(13(15)9-10(2)14)11-7-5-4-6-8-11/h3-8,12,14H,1-2,9H2. The van der Waals surface area contributed by atoms with E-state index in [9.17, 15) is 4.79 Å². The molecule has 1 N–H and O–H groups in total. The average Bonchev–Trinajstić information content (AvgIpc) is 2.19. The number of carbonyl (C=O) groups excluding carboxylic acids is 1. The topological polar surface area (TPSA) is 37.3 Å². The van der Waals surface area contributed by atoms with Crippen molar-refractivity contribution >= 4 is 5.78 Å². The number of benzene rings is 1. The van der Waals surface area contributed by atoms with Gasteiger partial charge in [0.15, 0.2) is 5.78 Å². The van der Waals surface area contributed by atoms with Gasteiger partial charge in [-0.05, 0) is 5.56 Å². The van der Waals surface area contributed by atoms with Crippen LogP contribution >= 0.6 is 0 Å². The molecule has 2 heteroatoms. The van der Waals surface area contributed by atoms with Crippen LogP contribution in [-0.2, 0) is 4.79 Å². The summed E-state index contributed by atoms with van der Waals surface area (Å²) in [7, 11) is 0. The van der Waals surface area contributed by atoms with Gasteiger partial charge in [-0.3, -0.25) is 4.79 Å². The van der Waals surface area contributed by atoms with Crippen LogP contribution in [0.1, 0.15) is 17.9 Å². The van der Waals surface area contributed by atoms with Crippen molar-refractivity contribution in [2.75, 3.05) is 0 Å². The molecule has 0 amide bonds. The van der Waals surface area contributed by atoms with Crippen molar-refractivity contribution in [2.45, 2.75) is 12.3 Å². The Labute approximate surface area is 89.6 Å². The molecular weight excluding hydrogens is 188 g/mol. The fourth-order valence-electron chi connectivity index (χ4n) is 1.42. The molecule has 1 unspecified atom stereocenters. The van der Waals surface area contributed by atoms with Crippen LogP contribution in [0.3, 0.4) is 0 Å². The van der Waals surface area contributed by atoms with Crippen molar-refractivity contribution in [1.82, 2.24) is 0 Å². The molecule has 0 aliphatic rings. The Morgan fingerprint density at radius 1 is 1.40 bits per heavy atom. The molecule has 2 nitrogen and oxygen atoms in total. The second kappa shape index (κ2) is 5.15. The molecule has 0 aliphatic carbocycles. The first-order valence-electron chi connectivity index (χ1n) is 4.72. The van der Waals surface area contributed by atoms with Crippen LogP contribution in [0.5, 0.6) is 0 Å². The third-order valence-electron chi connectivity index (χ3n) is 2.12. The van der Waals surface area contributed by atoms with Crippen LogP contribution in [-0.4, -0.2) is 10.9 Å². The lowest BCUT2D eigenvalue weighted by Gasteiger charge is -2.10. The monoisotopic (exact) mass is 202 g/mol. The number of aliphatic hydroxyl groups excluding tert-OH is 1. The molecule has 0 spiro atoms. The van der Waals surface area contributed by atoms with Gasteiger partial charge < -0.3 is 5.11 Å². The smallest absolute Gasteiger partial charge is 0.151 e. The van der Waals surface area contributed by atoms with Gasteiger partial charge in [0.25, 0.3) is 0 Å². The van der Waals surface area contributed by atoms with E-state index in [0.29, 0.717) is 0 Å². The lowest BCUT2D eigenvalue weighted by atomic mass is 9.93. The SMILES string of the molecule is C=CC(C(=O)CC(=C)O)c1ccccc1. The van der Waals surface area contributed by atoms with Crippen LogP contribution < -0.4 is 0 Å². The van der Waals surface area contributed by atoms with Crippen LogP contribution in [0.2, 0.25) is 0 Å². The van der Waals surface area contributed by atoms with Crippen molar-refractivity contribution in [2.24, 2.45) is 0 Å².